The van der Waals surface area contributed by atoms with Gasteiger partial charge in [0.15, 0.2) is 0 Å². The Kier molecular flexibility index (Phi) is 5.63. The first-order valence-corrected chi connectivity index (χ1v) is 10.4. The lowest BCUT2D eigenvalue weighted by molar-refractivity contribution is -0.123. The van der Waals surface area contributed by atoms with Gasteiger partial charge in [-0.15, -0.1) is 0 Å². The number of imide groups is 1. The number of nitrogens with zero attached hydrogens (tertiary/aromatic N) is 1. The highest BCUT2D eigenvalue weighted by molar-refractivity contribution is 9.10. The van der Waals surface area contributed by atoms with Crippen molar-refractivity contribution < 1.29 is 18.4 Å². The molecule has 1 fully saturated rings. The Morgan fingerprint density at radius 1 is 1.10 bits per heavy atom. The minimum absolute atomic E-state index is 0.00508. The zero-order valence-corrected chi connectivity index (χ0v) is 17.9. The van der Waals surface area contributed by atoms with Crippen LogP contribution in [0.3, 0.4) is 0 Å². The Balaban J connectivity index is 1.53. The molecule has 0 spiro atoms. The van der Waals surface area contributed by atoms with Crippen molar-refractivity contribution in [2.45, 2.75) is 6.54 Å². The van der Waals surface area contributed by atoms with E-state index < -0.39 is 5.82 Å². The summed E-state index contributed by atoms with van der Waals surface area (Å²) in [5.41, 5.74) is 1.46. The number of halogens is 3. The molecule has 0 atom stereocenters. The van der Waals surface area contributed by atoms with E-state index in [9.17, 15) is 14.0 Å². The summed E-state index contributed by atoms with van der Waals surface area (Å²) in [4.78, 5) is 26.4. The highest BCUT2D eigenvalue weighted by Gasteiger charge is 2.35. The number of hydrogen-bond donors (Lipinski definition) is 0. The number of hydrogen-bond acceptors (Lipinski definition) is 4. The second-order valence-electron chi connectivity index (χ2n) is 6.23. The van der Waals surface area contributed by atoms with Gasteiger partial charge in [-0.1, -0.05) is 39.7 Å². The molecule has 0 bridgehead atoms. The summed E-state index contributed by atoms with van der Waals surface area (Å²) in [7, 11) is 0. The highest BCUT2D eigenvalue weighted by atomic mass is 79.9. The van der Waals surface area contributed by atoms with Crippen LogP contribution in [0, 0.1) is 5.82 Å². The summed E-state index contributed by atoms with van der Waals surface area (Å²) in [5, 5.41) is -0.337. The van der Waals surface area contributed by atoms with Crippen LogP contribution in [0.1, 0.15) is 11.3 Å². The van der Waals surface area contributed by atoms with Crippen LogP contribution in [0.4, 0.5) is 9.18 Å². The van der Waals surface area contributed by atoms with Crippen LogP contribution in [0.15, 0.2) is 68.4 Å². The van der Waals surface area contributed by atoms with E-state index in [0.717, 1.165) is 21.8 Å². The molecule has 4 nitrogen and oxygen atoms in total. The van der Waals surface area contributed by atoms with E-state index >= 15 is 0 Å². The SMILES string of the molecule is O=C1S/C(=C\c2ccc(-c3ccc(F)c(Cl)c3)o2)C(=O)N1Cc1ccc(Br)cc1. The zero-order valence-electron chi connectivity index (χ0n) is 14.7. The number of amides is 2. The molecule has 29 heavy (non-hydrogen) atoms. The first kappa shape index (κ1) is 19.9. The van der Waals surface area contributed by atoms with Crippen LogP contribution < -0.4 is 0 Å². The molecule has 1 saturated heterocycles. The van der Waals surface area contributed by atoms with Gasteiger partial charge in [-0.2, -0.15) is 0 Å². The van der Waals surface area contributed by atoms with E-state index in [0.29, 0.717) is 17.1 Å². The third kappa shape index (κ3) is 4.32. The van der Waals surface area contributed by atoms with Crippen molar-refractivity contribution in [3.8, 4) is 11.3 Å². The van der Waals surface area contributed by atoms with Crippen LogP contribution in [0.25, 0.3) is 17.4 Å². The molecule has 0 radical (unpaired) electrons. The molecule has 1 aromatic heterocycles. The molecule has 0 saturated carbocycles. The predicted octanol–water partition coefficient (Wildman–Crippen LogP) is 6.74. The maximum atomic E-state index is 13.3. The molecule has 1 aliphatic rings. The molecule has 8 heteroatoms. The summed E-state index contributed by atoms with van der Waals surface area (Å²) in [6.45, 7) is 0.201. The van der Waals surface area contributed by atoms with E-state index in [-0.39, 0.29) is 27.6 Å². The molecule has 4 rings (SSSR count). The van der Waals surface area contributed by atoms with Gasteiger partial charge in [-0.05, 0) is 59.8 Å². The Hall–Kier alpha value is -2.35. The van der Waals surface area contributed by atoms with Gasteiger partial charge in [0.1, 0.15) is 17.3 Å². The lowest BCUT2D eigenvalue weighted by Gasteiger charge is -2.12. The Morgan fingerprint density at radius 2 is 1.86 bits per heavy atom. The Labute approximate surface area is 183 Å². The average molecular weight is 493 g/mol. The van der Waals surface area contributed by atoms with Crippen molar-refractivity contribution in [1.82, 2.24) is 4.90 Å². The molecule has 0 N–H and O–H groups in total. The third-order valence-corrected chi connectivity index (χ3v) is 5.96. The van der Waals surface area contributed by atoms with E-state index in [1.165, 1.54) is 23.1 Å². The summed E-state index contributed by atoms with van der Waals surface area (Å²) in [6.07, 6.45) is 1.53. The summed E-state index contributed by atoms with van der Waals surface area (Å²) in [5.74, 6) is 0.00849. The largest absolute Gasteiger partial charge is 0.457 e. The lowest BCUT2D eigenvalue weighted by atomic mass is 10.2. The molecular formula is C21H12BrClFNO3S. The summed E-state index contributed by atoms with van der Waals surface area (Å²) < 4.78 is 20.0. The number of benzene rings is 2. The molecule has 2 amide bonds. The number of furan rings is 1. The summed E-state index contributed by atoms with van der Waals surface area (Å²) in [6, 6.07) is 15.1. The Bertz CT molecular complexity index is 1140. The van der Waals surface area contributed by atoms with Gasteiger partial charge in [-0.25, -0.2) is 4.39 Å². The van der Waals surface area contributed by atoms with Gasteiger partial charge in [0.2, 0.25) is 0 Å². The number of thioether (sulfide) groups is 1. The van der Waals surface area contributed by atoms with E-state index in [1.807, 2.05) is 24.3 Å². The van der Waals surface area contributed by atoms with E-state index in [4.69, 9.17) is 16.0 Å². The van der Waals surface area contributed by atoms with Crippen LogP contribution in [0.2, 0.25) is 5.02 Å². The van der Waals surface area contributed by atoms with Gasteiger partial charge in [0, 0.05) is 16.1 Å². The molecule has 3 aromatic rings. The third-order valence-electron chi connectivity index (χ3n) is 4.23. The number of rotatable bonds is 4. The first-order chi connectivity index (χ1) is 13.9. The maximum Gasteiger partial charge on any atom is 0.293 e. The van der Waals surface area contributed by atoms with Crippen LogP contribution in [0.5, 0.6) is 0 Å². The van der Waals surface area contributed by atoms with Crippen molar-refractivity contribution in [1.29, 1.82) is 0 Å². The van der Waals surface area contributed by atoms with Gasteiger partial charge >= 0.3 is 0 Å². The van der Waals surface area contributed by atoms with E-state index in [1.54, 1.807) is 18.2 Å². The van der Waals surface area contributed by atoms with Crippen molar-refractivity contribution in [3.63, 3.8) is 0 Å². The first-order valence-electron chi connectivity index (χ1n) is 8.46. The number of carbonyl (C=O) groups is 2. The standard InChI is InChI=1S/C21H12BrClFNO3S/c22-14-4-1-12(2-5-14)11-25-20(26)19(29-21(25)27)10-15-6-8-18(28-15)13-3-7-17(24)16(23)9-13/h1-10H,11H2/b19-10-. The van der Waals surface area contributed by atoms with Crippen molar-refractivity contribution >= 4 is 56.5 Å². The zero-order chi connectivity index (χ0) is 20.5. The van der Waals surface area contributed by atoms with Crippen molar-refractivity contribution in [3.05, 3.63) is 86.1 Å². The smallest absolute Gasteiger partial charge is 0.293 e. The lowest BCUT2D eigenvalue weighted by Crippen LogP contribution is -2.27. The molecule has 0 unspecified atom stereocenters. The van der Waals surface area contributed by atoms with Gasteiger partial charge in [0.05, 0.1) is 16.5 Å². The predicted molar refractivity (Wildman–Crippen MR) is 115 cm³/mol. The second kappa shape index (κ2) is 8.18. The summed E-state index contributed by atoms with van der Waals surface area (Å²) >= 11 is 10.0. The molecule has 2 heterocycles. The fourth-order valence-corrected chi connectivity index (χ4v) is 4.04. The monoisotopic (exact) mass is 491 g/mol. The normalized spacial score (nSPS) is 15.6. The topological polar surface area (TPSA) is 50.5 Å². The molecule has 2 aromatic carbocycles. The van der Waals surface area contributed by atoms with Gasteiger partial charge in [0.25, 0.3) is 11.1 Å². The van der Waals surface area contributed by atoms with Crippen LogP contribution in [-0.2, 0) is 11.3 Å². The fraction of sp³-hybridized carbons (Fsp3) is 0.0476. The minimum Gasteiger partial charge on any atom is -0.457 e. The average Bonchev–Trinajstić information content (AvgIpc) is 3.26. The Morgan fingerprint density at radius 3 is 2.59 bits per heavy atom. The molecular weight excluding hydrogens is 481 g/mol. The van der Waals surface area contributed by atoms with Gasteiger partial charge < -0.3 is 4.42 Å². The van der Waals surface area contributed by atoms with Gasteiger partial charge in [-0.3, -0.25) is 14.5 Å². The number of carbonyl (C=O) groups excluding carboxylic acids is 2. The minimum atomic E-state index is -0.512. The highest BCUT2D eigenvalue weighted by Crippen LogP contribution is 2.34. The maximum absolute atomic E-state index is 13.3. The quantitative estimate of drug-likeness (QED) is 0.379. The second-order valence-corrected chi connectivity index (χ2v) is 8.54. The van der Waals surface area contributed by atoms with Crippen molar-refractivity contribution in [2.24, 2.45) is 0 Å². The van der Waals surface area contributed by atoms with Crippen LogP contribution in [-0.4, -0.2) is 16.0 Å². The van der Waals surface area contributed by atoms with E-state index in [2.05, 4.69) is 15.9 Å². The molecule has 0 aliphatic carbocycles. The fourth-order valence-electron chi connectivity index (χ4n) is 2.77. The molecule has 1 aliphatic heterocycles. The van der Waals surface area contributed by atoms with Crippen molar-refractivity contribution in [2.75, 3.05) is 0 Å². The van der Waals surface area contributed by atoms with Crippen LogP contribution >= 0.6 is 39.3 Å². The molecule has 146 valence electrons.